The molecule has 2 heterocycles. The quantitative estimate of drug-likeness (QED) is 0.579. The first kappa shape index (κ1) is 17.7. The second kappa shape index (κ2) is 7.48. The highest BCUT2D eigenvalue weighted by atomic mass is 32.1. The number of benzene rings is 1. The number of nitrogens with zero attached hydrogens (tertiary/aromatic N) is 1. The molecule has 6 nitrogen and oxygen atoms in total. The van der Waals surface area contributed by atoms with Gasteiger partial charge < -0.3 is 20.0 Å². The van der Waals surface area contributed by atoms with Gasteiger partial charge in [-0.25, -0.2) is 9.37 Å². The smallest absolute Gasteiger partial charge is 0.253 e. The molecule has 0 atom stereocenters. The number of ether oxygens (including phenoxy) is 1. The minimum Gasteiger partial charge on any atom is -0.474 e. The fraction of sp³-hybridized carbons (Fsp3) is 0.316. The highest BCUT2D eigenvalue weighted by molar-refractivity contribution is 7.71. The van der Waals surface area contributed by atoms with Gasteiger partial charge in [-0.2, -0.15) is 0 Å². The molecule has 1 aliphatic rings. The van der Waals surface area contributed by atoms with E-state index in [-0.39, 0.29) is 18.2 Å². The lowest BCUT2D eigenvalue weighted by atomic mass is 10.1. The standard InChI is InChI=1S/C19H19FN4O2S/c20-12-8-14(16-15(9-12)23-19(27)24-16)17(25)22-10-11-4-3-7-21-18(11)26-13-5-1-2-6-13/h3-4,7-9,13H,1-2,5-6,10H2,(H,22,25)(H2,23,24,27). The number of pyridine rings is 1. The van der Waals surface area contributed by atoms with E-state index >= 15 is 0 Å². The van der Waals surface area contributed by atoms with Gasteiger partial charge >= 0.3 is 0 Å². The molecule has 3 N–H and O–H groups in total. The molecule has 1 aromatic carbocycles. The van der Waals surface area contributed by atoms with Crippen LogP contribution in [0, 0.1) is 10.6 Å². The van der Waals surface area contributed by atoms with Crippen LogP contribution < -0.4 is 10.1 Å². The molecule has 0 aliphatic heterocycles. The van der Waals surface area contributed by atoms with Crippen LogP contribution in [0.15, 0.2) is 30.5 Å². The van der Waals surface area contributed by atoms with Crippen molar-refractivity contribution >= 4 is 29.2 Å². The van der Waals surface area contributed by atoms with E-state index in [1.165, 1.54) is 12.1 Å². The summed E-state index contributed by atoms with van der Waals surface area (Å²) in [4.78, 5) is 22.7. The van der Waals surface area contributed by atoms with Crippen LogP contribution in [0.25, 0.3) is 11.0 Å². The van der Waals surface area contributed by atoms with Gasteiger partial charge in [0.05, 0.1) is 16.6 Å². The summed E-state index contributed by atoms with van der Waals surface area (Å²) in [6.07, 6.45) is 6.23. The van der Waals surface area contributed by atoms with E-state index in [0.717, 1.165) is 31.2 Å². The van der Waals surface area contributed by atoms with Crippen molar-refractivity contribution in [3.05, 3.63) is 52.2 Å². The number of carbonyl (C=O) groups is 1. The third kappa shape index (κ3) is 3.85. The van der Waals surface area contributed by atoms with Crippen LogP contribution in [0.4, 0.5) is 4.39 Å². The lowest BCUT2D eigenvalue weighted by Crippen LogP contribution is -2.24. The number of rotatable bonds is 5. The molecule has 3 aromatic rings. The molecule has 0 saturated heterocycles. The zero-order valence-electron chi connectivity index (χ0n) is 14.5. The lowest BCUT2D eigenvalue weighted by molar-refractivity contribution is 0.0951. The van der Waals surface area contributed by atoms with Gasteiger partial charge in [0.1, 0.15) is 11.9 Å². The van der Waals surface area contributed by atoms with Crippen LogP contribution in [0.1, 0.15) is 41.6 Å². The Morgan fingerprint density at radius 3 is 2.96 bits per heavy atom. The Morgan fingerprint density at radius 2 is 2.15 bits per heavy atom. The normalized spacial score (nSPS) is 14.6. The number of imidazole rings is 1. The summed E-state index contributed by atoms with van der Waals surface area (Å²) < 4.78 is 20.2. The third-order valence-electron chi connectivity index (χ3n) is 4.70. The summed E-state index contributed by atoms with van der Waals surface area (Å²) in [6, 6.07) is 6.15. The molecule has 27 heavy (non-hydrogen) atoms. The number of carbonyl (C=O) groups excluding carboxylic acids is 1. The molecule has 140 valence electrons. The van der Waals surface area contributed by atoms with Crippen molar-refractivity contribution in [1.29, 1.82) is 0 Å². The van der Waals surface area contributed by atoms with Gasteiger partial charge in [-0.3, -0.25) is 4.79 Å². The third-order valence-corrected chi connectivity index (χ3v) is 4.91. The Labute approximate surface area is 160 Å². The van der Waals surface area contributed by atoms with Gasteiger partial charge in [0.25, 0.3) is 5.91 Å². The van der Waals surface area contributed by atoms with E-state index in [2.05, 4.69) is 20.3 Å². The number of hydrogen-bond donors (Lipinski definition) is 3. The molecule has 1 saturated carbocycles. The average Bonchev–Trinajstić information content (AvgIpc) is 3.28. The van der Waals surface area contributed by atoms with Crippen LogP contribution in [0.3, 0.4) is 0 Å². The van der Waals surface area contributed by atoms with Gasteiger partial charge in [0.15, 0.2) is 4.77 Å². The highest BCUT2D eigenvalue weighted by Gasteiger charge is 2.19. The summed E-state index contributed by atoms with van der Waals surface area (Å²) >= 11 is 5.04. The topological polar surface area (TPSA) is 82.8 Å². The monoisotopic (exact) mass is 386 g/mol. The summed E-state index contributed by atoms with van der Waals surface area (Å²) in [7, 11) is 0. The van der Waals surface area contributed by atoms with E-state index in [1.807, 2.05) is 6.07 Å². The molecule has 1 aliphatic carbocycles. The van der Waals surface area contributed by atoms with Gasteiger partial charge in [0.2, 0.25) is 5.88 Å². The van der Waals surface area contributed by atoms with Crippen molar-refractivity contribution in [2.75, 3.05) is 0 Å². The summed E-state index contributed by atoms with van der Waals surface area (Å²) in [5.41, 5.74) is 1.91. The first-order chi connectivity index (χ1) is 13.1. The zero-order chi connectivity index (χ0) is 18.8. The van der Waals surface area contributed by atoms with Gasteiger partial charge in [-0.1, -0.05) is 6.07 Å². The second-order valence-corrected chi connectivity index (χ2v) is 7.04. The number of hydrogen-bond acceptors (Lipinski definition) is 4. The molecular formula is C19H19FN4O2S. The Bertz CT molecular complexity index is 1040. The summed E-state index contributed by atoms with van der Waals surface area (Å²) in [6.45, 7) is 0.234. The van der Waals surface area contributed by atoms with Crippen molar-refractivity contribution in [3.8, 4) is 5.88 Å². The first-order valence-electron chi connectivity index (χ1n) is 8.90. The largest absolute Gasteiger partial charge is 0.474 e. The number of amides is 1. The van der Waals surface area contributed by atoms with E-state index in [9.17, 15) is 9.18 Å². The molecule has 2 aromatic heterocycles. The van der Waals surface area contributed by atoms with Gasteiger partial charge in [-0.15, -0.1) is 0 Å². The minimum absolute atomic E-state index is 0.178. The molecule has 1 amide bonds. The zero-order valence-corrected chi connectivity index (χ0v) is 15.4. The SMILES string of the molecule is O=C(NCc1cccnc1OC1CCCC1)c1cc(F)cc2[nH]c(=S)[nH]c12. The van der Waals surface area contributed by atoms with Crippen molar-refractivity contribution in [1.82, 2.24) is 20.3 Å². The average molecular weight is 386 g/mol. The van der Waals surface area contributed by atoms with Crippen LogP contribution in [0.2, 0.25) is 0 Å². The maximum absolute atomic E-state index is 13.8. The number of aromatic amines is 2. The predicted octanol–water partition coefficient (Wildman–Crippen LogP) is 4.01. The molecule has 0 unspecified atom stereocenters. The molecular weight excluding hydrogens is 367 g/mol. The maximum Gasteiger partial charge on any atom is 0.253 e. The van der Waals surface area contributed by atoms with E-state index in [4.69, 9.17) is 17.0 Å². The van der Waals surface area contributed by atoms with Crippen molar-refractivity contribution in [2.45, 2.75) is 38.3 Å². The molecule has 0 radical (unpaired) electrons. The van der Waals surface area contributed by atoms with E-state index < -0.39 is 11.7 Å². The molecule has 4 rings (SSSR count). The van der Waals surface area contributed by atoms with Crippen molar-refractivity contribution in [3.63, 3.8) is 0 Å². The molecule has 8 heteroatoms. The number of aromatic nitrogens is 3. The predicted molar refractivity (Wildman–Crippen MR) is 102 cm³/mol. The maximum atomic E-state index is 13.8. The Balaban J connectivity index is 1.52. The van der Waals surface area contributed by atoms with Gasteiger partial charge in [-0.05, 0) is 56.1 Å². The van der Waals surface area contributed by atoms with Crippen LogP contribution in [0.5, 0.6) is 5.88 Å². The molecule has 0 spiro atoms. The number of H-pyrrole nitrogens is 2. The minimum atomic E-state index is -0.510. The Hall–Kier alpha value is -2.74. The number of fused-ring (bicyclic) bond motifs is 1. The van der Waals surface area contributed by atoms with Gasteiger partial charge in [0, 0.05) is 18.3 Å². The number of halogens is 1. The first-order valence-corrected chi connectivity index (χ1v) is 9.31. The van der Waals surface area contributed by atoms with Crippen LogP contribution >= 0.6 is 12.2 Å². The Kier molecular flexibility index (Phi) is 4.89. The summed E-state index contributed by atoms with van der Waals surface area (Å²) in [5, 5.41) is 2.82. The van der Waals surface area contributed by atoms with Crippen LogP contribution in [-0.2, 0) is 6.54 Å². The van der Waals surface area contributed by atoms with Crippen LogP contribution in [-0.4, -0.2) is 27.0 Å². The van der Waals surface area contributed by atoms with Crippen molar-refractivity contribution in [2.24, 2.45) is 0 Å². The lowest BCUT2D eigenvalue weighted by Gasteiger charge is -2.15. The fourth-order valence-corrected chi connectivity index (χ4v) is 3.60. The second-order valence-electron chi connectivity index (χ2n) is 6.63. The van der Waals surface area contributed by atoms with Crippen molar-refractivity contribution < 1.29 is 13.9 Å². The Morgan fingerprint density at radius 1 is 1.33 bits per heavy atom. The summed E-state index contributed by atoms with van der Waals surface area (Å²) in [5.74, 6) is -0.375. The fourth-order valence-electron chi connectivity index (χ4n) is 3.39. The highest BCUT2D eigenvalue weighted by Crippen LogP contribution is 2.25. The number of nitrogens with one attached hydrogen (secondary N) is 3. The molecule has 0 bridgehead atoms. The molecule has 1 fully saturated rings. The van der Waals surface area contributed by atoms with E-state index in [1.54, 1.807) is 12.3 Å². The van der Waals surface area contributed by atoms with E-state index in [0.29, 0.717) is 21.7 Å².